The Bertz CT molecular complexity index is 527. The number of rotatable bonds is 4. The summed E-state index contributed by atoms with van der Waals surface area (Å²) in [5.41, 5.74) is 2.51. The maximum absolute atomic E-state index is 4.91. The Hall–Kier alpha value is -1.19. The molecule has 1 aromatic carbocycles. The Balaban J connectivity index is 1.97. The van der Waals surface area contributed by atoms with Crippen LogP contribution >= 0.6 is 11.3 Å². The first-order valence-electron chi connectivity index (χ1n) is 7.08. The molecule has 0 spiro atoms. The van der Waals surface area contributed by atoms with Crippen molar-refractivity contribution < 1.29 is 0 Å². The van der Waals surface area contributed by atoms with Gasteiger partial charge in [0.2, 0.25) is 0 Å². The van der Waals surface area contributed by atoms with E-state index in [0.29, 0.717) is 5.92 Å². The quantitative estimate of drug-likeness (QED) is 0.903. The minimum Gasteiger partial charge on any atom is -0.314 e. The summed E-state index contributed by atoms with van der Waals surface area (Å²) in [6.45, 7) is 0.855. The van der Waals surface area contributed by atoms with Crippen LogP contribution in [0.25, 0.3) is 10.4 Å². The highest BCUT2D eigenvalue weighted by Gasteiger charge is 2.22. The zero-order valence-electron chi connectivity index (χ0n) is 11.4. The summed E-state index contributed by atoms with van der Waals surface area (Å²) in [6.07, 6.45) is 5.38. The molecule has 100 valence electrons. The Morgan fingerprint density at radius 3 is 2.63 bits per heavy atom. The van der Waals surface area contributed by atoms with Crippen molar-refractivity contribution in [1.29, 1.82) is 0 Å². The molecule has 0 radical (unpaired) electrons. The van der Waals surface area contributed by atoms with Crippen molar-refractivity contribution >= 4 is 11.3 Å². The molecule has 0 bridgehead atoms. The molecule has 19 heavy (non-hydrogen) atoms. The molecular formula is C16H20N2S. The van der Waals surface area contributed by atoms with Crippen LogP contribution in [0.15, 0.2) is 30.3 Å². The van der Waals surface area contributed by atoms with Gasteiger partial charge in [-0.25, -0.2) is 4.98 Å². The van der Waals surface area contributed by atoms with Gasteiger partial charge in [0, 0.05) is 12.5 Å². The topological polar surface area (TPSA) is 24.9 Å². The van der Waals surface area contributed by atoms with E-state index in [-0.39, 0.29) is 0 Å². The molecule has 0 unspecified atom stereocenters. The van der Waals surface area contributed by atoms with Crippen LogP contribution in [0.3, 0.4) is 0 Å². The molecule has 1 heterocycles. The first-order valence-corrected chi connectivity index (χ1v) is 7.89. The second-order valence-electron chi connectivity index (χ2n) is 5.21. The summed E-state index contributed by atoms with van der Waals surface area (Å²) < 4.78 is 0. The van der Waals surface area contributed by atoms with Gasteiger partial charge in [-0.15, -0.1) is 11.3 Å². The van der Waals surface area contributed by atoms with Gasteiger partial charge in [-0.2, -0.15) is 0 Å². The van der Waals surface area contributed by atoms with Crippen molar-refractivity contribution in [1.82, 2.24) is 10.3 Å². The van der Waals surface area contributed by atoms with Gasteiger partial charge in [0.1, 0.15) is 0 Å². The lowest BCUT2D eigenvalue weighted by atomic mass is 10.1. The molecular weight excluding hydrogens is 252 g/mol. The molecule has 1 N–H and O–H groups in total. The second-order valence-corrected chi connectivity index (χ2v) is 6.24. The van der Waals surface area contributed by atoms with Crippen LogP contribution in [0, 0.1) is 0 Å². The SMILES string of the molecule is CNCc1nc(C2CCCC2)sc1-c1ccccc1. The van der Waals surface area contributed by atoms with Crippen molar-refractivity contribution in [2.24, 2.45) is 0 Å². The van der Waals surface area contributed by atoms with E-state index in [1.807, 2.05) is 18.4 Å². The third-order valence-corrected chi connectivity index (χ3v) is 5.11. The zero-order valence-corrected chi connectivity index (χ0v) is 12.2. The van der Waals surface area contributed by atoms with E-state index in [1.54, 1.807) is 0 Å². The Morgan fingerprint density at radius 1 is 1.21 bits per heavy atom. The van der Waals surface area contributed by atoms with E-state index in [2.05, 4.69) is 35.6 Å². The third kappa shape index (κ3) is 2.72. The van der Waals surface area contributed by atoms with Gasteiger partial charge < -0.3 is 5.32 Å². The minimum absolute atomic E-state index is 0.707. The fourth-order valence-electron chi connectivity index (χ4n) is 2.82. The maximum Gasteiger partial charge on any atom is 0.0966 e. The highest BCUT2D eigenvalue weighted by molar-refractivity contribution is 7.15. The molecule has 3 rings (SSSR count). The van der Waals surface area contributed by atoms with E-state index < -0.39 is 0 Å². The van der Waals surface area contributed by atoms with Crippen molar-refractivity contribution in [2.45, 2.75) is 38.1 Å². The highest BCUT2D eigenvalue weighted by Crippen LogP contribution is 2.40. The average Bonchev–Trinajstić information content (AvgIpc) is 3.08. The van der Waals surface area contributed by atoms with Gasteiger partial charge in [-0.3, -0.25) is 0 Å². The molecule has 1 saturated carbocycles. The Kier molecular flexibility index (Phi) is 3.95. The van der Waals surface area contributed by atoms with Crippen molar-refractivity contribution in [3.63, 3.8) is 0 Å². The fourth-order valence-corrected chi connectivity index (χ4v) is 4.08. The number of nitrogens with one attached hydrogen (secondary N) is 1. The van der Waals surface area contributed by atoms with E-state index in [1.165, 1.54) is 46.8 Å². The van der Waals surface area contributed by atoms with Gasteiger partial charge in [0.25, 0.3) is 0 Å². The van der Waals surface area contributed by atoms with Gasteiger partial charge in [-0.05, 0) is 25.5 Å². The van der Waals surface area contributed by atoms with Crippen molar-refractivity contribution in [3.8, 4) is 10.4 Å². The Morgan fingerprint density at radius 2 is 1.95 bits per heavy atom. The summed E-state index contributed by atoms with van der Waals surface area (Å²) in [6, 6.07) is 10.7. The summed E-state index contributed by atoms with van der Waals surface area (Å²) in [5, 5.41) is 4.59. The fraction of sp³-hybridized carbons (Fsp3) is 0.438. The summed E-state index contributed by atoms with van der Waals surface area (Å²) >= 11 is 1.90. The predicted molar refractivity (Wildman–Crippen MR) is 81.5 cm³/mol. The highest BCUT2D eigenvalue weighted by atomic mass is 32.1. The molecule has 0 aliphatic heterocycles. The van der Waals surface area contributed by atoms with Crippen molar-refractivity contribution in [3.05, 3.63) is 41.0 Å². The van der Waals surface area contributed by atoms with Crippen LogP contribution < -0.4 is 5.32 Å². The monoisotopic (exact) mass is 272 g/mol. The summed E-state index contributed by atoms with van der Waals surface area (Å²) in [4.78, 5) is 6.26. The lowest BCUT2D eigenvalue weighted by Gasteiger charge is -2.02. The minimum atomic E-state index is 0.707. The molecule has 0 atom stereocenters. The molecule has 0 amide bonds. The normalized spacial score (nSPS) is 16.1. The number of thiazole rings is 1. The second kappa shape index (κ2) is 5.85. The standard InChI is InChI=1S/C16H20N2S/c1-17-11-14-15(12-7-3-2-4-8-12)19-16(18-14)13-9-5-6-10-13/h2-4,7-8,13,17H,5-6,9-11H2,1H3. The van der Waals surface area contributed by atoms with Crippen LogP contribution in [-0.4, -0.2) is 12.0 Å². The van der Waals surface area contributed by atoms with Gasteiger partial charge in [-0.1, -0.05) is 43.2 Å². The maximum atomic E-state index is 4.91. The van der Waals surface area contributed by atoms with E-state index in [9.17, 15) is 0 Å². The molecule has 2 aromatic rings. The van der Waals surface area contributed by atoms with Gasteiger partial charge >= 0.3 is 0 Å². The molecule has 1 aliphatic carbocycles. The first kappa shape index (κ1) is 12.8. The van der Waals surface area contributed by atoms with Crippen LogP contribution in [0.5, 0.6) is 0 Å². The van der Waals surface area contributed by atoms with Crippen LogP contribution in [-0.2, 0) is 6.54 Å². The number of hydrogen-bond donors (Lipinski definition) is 1. The smallest absolute Gasteiger partial charge is 0.0966 e. The molecule has 3 heteroatoms. The number of hydrogen-bond acceptors (Lipinski definition) is 3. The number of nitrogens with zero attached hydrogens (tertiary/aromatic N) is 1. The molecule has 2 nitrogen and oxygen atoms in total. The molecule has 1 aliphatic rings. The third-order valence-electron chi connectivity index (χ3n) is 3.80. The molecule has 1 aromatic heterocycles. The van der Waals surface area contributed by atoms with Crippen LogP contribution in [0.4, 0.5) is 0 Å². The van der Waals surface area contributed by atoms with Crippen LogP contribution in [0.2, 0.25) is 0 Å². The molecule has 1 fully saturated rings. The van der Waals surface area contributed by atoms with E-state index in [0.717, 1.165) is 6.54 Å². The van der Waals surface area contributed by atoms with Crippen molar-refractivity contribution in [2.75, 3.05) is 7.05 Å². The summed E-state index contributed by atoms with van der Waals surface area (Å²) in [7, 11) is 1.99. The number of benzene rings is 1. The lowest BCUT2D eigenvalue weighted by Crippen LogP contribution is -2.06. The molecule has 0 saturated heterocycles. The Labute approximate surface area is 118 Å². The number of aromatic nitrogens is 1. The van der Waals surface area contributed by atoms with Gasteiger partial charge in [0.15, 0.2) is 0 Å². The lowest BCUT2D eigenvalue weighted by molar-refractivity contribution is 0.705. The van der Waals surface area contributed by atoms with E-state index >= 15 is 0 Å². The first-order chi connectivity index (χ1) is 9.38. The summed E-state index contributed by atoms with van der Waals surface area (Å²) in [5.74, 6) is 0.707. The predicted octanol–water partition coefficient (Wildman–Crippen LogP) is 4.19. The van der Waals surface area contributed by atoms with Crippen LogP contribution in [0.1, 0.15) is 42.3 Å². The average molecular weight is 272 g/mol. The van der Waals surface area contributed by atoms with Gasteiger partial charge in [0.05, 0.1) is 15.6 Å². The largest absolute Gasteiger partial charge is 0.314 e. The van der Waals surface area contributed by atoms with E-state index in [4.69, 9.17) is 4.98 Å². The zero-order chi connectivity index (χ0) is 13.1.